The van der Waals surface area contributed by atoms with Crippen molar-refractivity contribution in [1.82, 2.24) is 4.98 Å². The van der Waals surface area contributed by atoms with Crippen LogP contribution >= 0.6 is 34.4 Å². The second kappa shape index (κ2) is 12.1. The summed E-state index contributed by atoms with van der Waals surface area (Å²) in [4.78, 5) is 32.7. The van der Waals surface area contributed by atoms with E-state index >= 15 is 0 Å². The van der Waals surface area contributed by atoms with Crippen molar-refractivity contribution in [2.45, 2.75) is 10.1 Å². The number of anilines is 2. The average molecular weight is 558 g/mol. The summed E-state index contributed by atoms with van der Waals surface area (Å²) in [5, 5.41) is 9.91. The number of methoxy groups -OCH3 is 1. The predicted octanol–water partition coefficient (Wildman–Crippen LogP) is 7.60. The van der Waals surface area contributed by atoms with Gasteiger partial charge in [-0.05, 0) is 59.5 Å². The molecule has 38 heavy (non-hydrogen) atoms. The number of ether oxygens (including phenoxy) is 1. The third-order valence-electron chi connectivity index (χ3n) is 5.55. The van der Waals surface area contributed by atoms with Crippen molar-refractivity contribution in [3.05, 3.63) is 113 Å². The first kappa shape index (κ1) is 25.7. The molecule has 2 heterocycles. The lowest BCUT2D eigenvalue weighted by Crippen LogP contribution is -2.19. The molecule has 6 nitrogen and oxygen atoms in total. The third-order valence-corrected chi connectivity index (χ3v) is 8.44. The third kappa shape index (κ3) is 6.31. The van der Waals surface area contributed by atoms with Crippen LogP contribution in [0.1, 0.15) is 21.2 Å². The molecule has 0 saturated carbocycles. The Hall–Kier alpha value is -3.92. The number of thioether (sulfide) groups is 1. The van der Waals surface area contributed by atoms with E-state index in [2.05, 4.69) is 15.6 Å². The topological polar surface area (TPSA) is 80.3 Å². The van der Waals surface area contributed by atoms with E-state index in [-0.39, 0.29) is 11.8 Å². The molecule has 0 aliphatic rings. The van der Waals surface area contributed by atoms with E-state index < -0.39 is 5.25 Å². The number of carbonyl (C=O) groups excluding carboxylic acids is 2. The number of carbonyl (C=O) groups is 2. The predicted molar refractivity (Wildman–Crippen MR) is 156 cm³/mol. The Balaban J connectivity index is 1.32. The first-order chi connectivity index (χ1) is 18.6. The van der Waals surface area contributed by atoms with Gasteiger partial charge in [-0.1, -0.05) is 42.5 Å². The number of hydrogen-bond acceptors (Lipinski definition) is 7. The second-order valence-electron chi connectivity index (χ2n) is 8.12. The zero-order valence-corrected chi connectivity index (χ0v) is 22.7. The molecule has 3 aromatic carbocycles. The standard InChI is InChI=1S/C29H23N3O3S3/c1-35-22-14-12-20(13-15-22)27(33)30-21-9-5-10-23(17-21)38-26(19-7-3-2-4-8-19)28(34)32-29-31-24(18-37-29)25-11-6-16-36-25/h2-18,26H,1H3,(H,30,33)(H,31,32,34). The molecule has 190 valence electrons. The van der Waals surface area contributed by atoms with Gasteiger partial charge in [-0.25, -0.2) is 4.98 Å². The van der Waals surface area contributed by atoms with Gasteiger partial charge in [0, 0.05) is 21.5 Å². The van der Waals surface area contributed by atoms with E-state index in [4.69, 9.17) is 4.74 Å². The largest absolute Gasteiger partial charge is 0.497 e. The molecule has 0 saturated heterocycles. The molecule has 9 heteroatoms. The second-order valence-corrected chi connectivity index (χ2v) is 11.1. The Kier molecular flexibility index (Phi) is 8.18. The molecule has 0 aliphatic heterocycles. The fourth-order valence-electron chi connectivity index (χ4n) is 3.67. The summed E-state index contributed by atoms with van der Waals surface area (Å²) in [6, 6.07) is 28.0. The van der Waals surface area contributed by atoms with Gasteiger partial charge in [-0.3, -0.25) is 9.59 Å². The maximum atomic E-state index is 13.5. The Morgan fingerprint density at radius 3 is 2.45 bits per heavy atom. The summed E-state index contributed by atoms with van der Waals surface area (Å²) in [5.74, 6) is 0.295. The van der Waals surface area contributed by atoms with Crippen LogP contribution < -0.4 is 15.4 Å². The number of hydrogen-bond donors (Lipinski definition) is 2. The molecule has 0 fully saturated rings. The van der Waals surface area contributed by atoms with Crippen LogP contribution in [-0.2, 0) is 4.79 Å². The summed E-state index contributed by atoms with van der Waals surface area (Å²) in [6.07, 6.45) is 0. The van der Waals surface area contributed by atoms with Crippen LogP contribution in [0.4, 0.5) is 10.8 Å². The number of benzene rings is 3. The zero-order valence-electron chi connectivity index (χ0n) is 20.3. The van der Waals surface area contributed by atoms with E-state index in [1.807, 2.05) is 77.5 Å². The van der Waals surface area contributed by atoms with E-state index in [9.17, 15) is 9.59 Å². The molecular formula is C29H23N3O3S3. The number of thiazole rings is 1. The van der Waals surface area contributed by atoms with Crippen molar-refractivity contribution in [2.75, 3.05) is 17.7 Å². The van der Waals surface area contributed by atoms with Crippen LogP contribution in [0.2, 0.25) is 0 Å². The highest BCUT2D eigenvalue weighted by Gasteiger charge is 2.23. The number of aromatic nitrogens is 1. The van der Waals surface area contributed by atoms with Gasteiger partial charge in [-0.2, -0.15) is 0 Å². The van der Waals surface area contributed by atoms with E-state index in [1.165, 1.54) is 23.1 Å². The van der Waals surface area contributed by atoms with Gasteiger partial charge in [0.05, 0.1) is 17.7 Å². The van der Waals surface area contributed by atoms with E-state index in [0.29, 0.717) is 22.1 Å². The summed E-state index contributed by atoms with van der Waals surface area (Å²) >= 11 is 4.43. The minimum Gasteiger partial charge on any atom is -0.497 e. The van der Waals surface area contributed by atoms with Gasteiger partial charge in [0.1, 0.15) is 11.0 Å². The molecule has 2 aromatic heterocycles. The Bertz CT molecular complexity index is 1520. The number of nitrogens with one attached hydrogen (secondary N) is 2. The van der Waals surface area contributed by atoms with Crippen LogP contribution in [0.25, 0.3) is 10.6 Å². The maximum Gasteiger partial charge on any atom is 0.255 e. The normalized spacial score (nSPS) is 11.5. The molecule has 0 bridgehead atoms. The number of rotatable bonds is 9. The van der Waals surface area contributed by atoms with Crippen LogP contribution in [0, 0.1) is 0 Å². The van der Waals surface area contributed by atoms with Gasteiger partial charge in [0.25, 0.3) is 5.91 Å². The molecular weight excluding hydrogens is 535 g/mol. The van der Waals surface area contributed by atoms with E-state index in [0.717, 1.165) is 21.0 Å². The quantitative estimate of drug-likeness (QED) is 0.182. The molecule has 5 rings (SSSR count). The lowest BCUT2D eigenvalue weighted by atomic mass is 10.1. The van der Waals surface area contributed by atoms with Crippen molar-refractivity contribution in [3.63, 3.8) is 0 Å². The lowest BCUT2D eigenvalue weighted by molar-refractivity contribution is -0.115. The summed E-state index contributed by atoms with van der Waals surface area (Å²) < 4.78 is 5.16. The average Bonchev–Trinajstić information content (AvgIpc) is 3.65. The fourth-order valence-corrected chi connectivity index (χ4v) is 6.23. The first-order valence-electron chi connectivity index (χ1n) is 11.7. The van der Waals surface area contributed by atoms with Crippen molar-refractivity contribution >= 4 is 57.1 Å². The zero-order chi connectivity index (χ0) is 26.3. The fraction of sp³-hybridized carbons (Fsp3) is 0.0690. The van der Waals surface area contributed by atoms with Crippen molar-refractivity contribution in [2.24, 2.45) is 0 Å². The number of amides is 2. The van der Waals surface area contributed by atoms with Gasteiger partial charge in [0.2, 0.25) is 5.91 Å². The Morgan fingerprint density at radius 2 is 1.71 bits per heavy atom. The van der Waals surface area contributed by atoms with Gasteiger partial charge < -0.3 is 15.4 Å². The molecule has 0 spiro atoms. The van der Waals surface area contributed by atoms with E-state index in [1.54, 1.807) is 42.7 Å². The Labute approximate surface area is 232 Å². The summed E-state index contributed by atoms with van der Waals surface area (Å²) in [5.41, 5.74) is 2.89. The molecule has 1 atom stereocenters. The van der Waals surface area contributed by atoms with Gasteiger partial charge in [0.15, 0.2) is 5.13 Å². The molecule has 2 amide bonds. The SMILES string of the molecule is COc1ccc(C(=O)Nc2cccc(SC(C(=O)Nc3nc(-c4cccs4)cs3)c3ccccc3)c2)cc1. The van der Waals surface area contributed by atoms with Crippen molar-refractivity contribution in [3.8, 4) is 16.3 Å². The maximum absolute atomic E-state index is 13.5. The van der Waals surface area contributed by atoms with Crippen LogP contribution in [0.5, 0.6) is 5.75 Å². The van der Waals surface area contributed by atoms with Crippen LogP contribution in [0.15, 0.2) is 107 Å². The number of thiophene rings is 1. The van der Waals surface area contributed by atoms with Gasteiger partial charge >= 0.3 is 0 Å². The molecule has 2 N–H and O–H groups in total. The van der Waals surface area contributed by atoms with Gasteiger partial charge in [-0.15, -0.1) is 34.4 Å². The monoisotopic (exact) mass is 557 g/mol. The molecule has 0 radical (unpaired) electrons. The smallest absolute Gasteiger partial charge is 0.255 e. The minimum atomic E-state index is -0.516. The lowest BCUT2D eigenvalue weighted by Gasteiger charge is -2.17. The van der Waals surface area contributed by atoms with Crippen molar-refractivity contribution < 1.29 is 14.3 Å². The molecule has 5 aromatic rings. The Morgan fingerprint density at radius 1 is 0.895 bits per heavy atom. The highest BCUT2D eigenvalue weighted by atomic mass is 32.2. The molecule has 0 aliphatic carbocycles. The highest BCUT2D eigenvalue weighted by Crippen LogP contribution is 2.38. The minimum absolute atomic E-state index is 0.166. The van der Waals surface area contributed by atoms with Crippen LogP contribution in [0.3, 0.4) is 0 Å². The highest BCUT2D eigenvalue weighted by molar-refractivity contribution is 8.00. The van der Waals surface area contributed by atoms with Crippen LogP contribution in [-0.4, -0.2) is 23.9 Å². The summed E-state index contributed by atoms with van der Waals surface area (Å²) in [7, 11) is 1.58. The molecule has 1 unspecified atom stereocenters. The first-order valence-corrected chi connectivity index (χ1v) is 14.3. The number of nitrogens with zero attached hydrogens (tertiary/aromatic N) is 1. The van der Waals surface area contributed by atoms with Crippen molar-refractivity contribution in [1.29, 1.82) is 0 Å². The summed E-state index contributed by atoms with van der Waals surface area (Å²) in [6.45, 7) is 0.